The van der Waals surface area contributed by atoms with Gasteiger partial charge in [-0.1, -0.05) is 18.2 Å². The zero-order chi connectivity index (χ0) is 24.2. The van der Waals surface area contributed by atoms with Crippen LogP contribution in [0.4, 0.5) is 16.4 Å². The Hall–Kier alpha value is -4.20. The van der Waals surface area contributed by atoms with Gasteiger partial charge in [0.2, 0.25) is 5.95 Å². The number of methoxy groups -OCH3 is 1. The van der Waals surface area contributed by atoms with Gasteiger partial charge in [-0.15, -0.1) is 0 Å². The van der Waals surface area contributed by atoms with Gasteiger partial charge in [0.25, 0.3) is 0 Å². The summed E-state index contributed by atoms with van der Waals surface area (Å²) in [4.78, 5) is 21.5. The van der Waals surface area contributed by atoms with Crippen molar-refractivity contribution >= 4 is 17.7 Å². The standard InChI is InChI=1S/C25H24N6O4/c1-33-21-8-3-2-7-17(21)18-9-10-27-24(29-18)30-19-13-34-23-20(14-35-22(19)23)31-25(32)28-16-6-4-5-15(11-16)12-26/h2-11,19-20,22-23H,13-14H2,1H3,(H,27,29,30)(H2,28,31,32). The Morgan fingerprint density at radius 3 is 2.71 bits per heavy atom. The number of benzene rings is 2. The minimum absolute atomic E-state index is 0.171. The van der Waals surface area contributed by atoms with E-state index >= 15 is 0 Å². The van der Waals surface area contributed by atoms with Crippen molar-refractivity contribution < 1.29 is 19.0 Å². The molecule has 178 valence electrons. The Morgan fingerprint density at radius 2 is 1.89 bits per heavy atom. The minimum Gasteiger partial charge on any atom is -0.496 e. The quantitative estimate of drug-likeness (QED) is 0.499. The summed E-state index contributed by atoms with van der Waals surface area (Å²) in [6.45, 7) is 0.711. The average molecular weight is 473 g/mol. The van der Waals surface area contributed by atoms with Crippen LogP contribution in [0.2, 0.25) is 0 Å². The van der Waals surface area contributed by atoms with E-state index in [0.717, 1.165) is 17.0 Å². The molecule has 0 radical (unpaired) electrons. The van der Waals surface area contributed by atoms with Crippen molar-refractivity contribution in [2.75, 3.05) is 31.0 Å². The highest BCUT2D eigenvalue weighted by atomic mass is 16.6. The van der Waals surface area contributed by atoms with Crippen molar-refractivity contribution in [2.24, 2.45) is 0 Å². The average Bonchev–Trinajstić information content (AvgIpc) is 3.47. The highest BCUT2D eigenvalue weighted by Gasteiger charge is 2.48. The third kappa shape index (κ3) is 4.87. The molecule has 0 bridgehead atoms. The maximum Gasteiger partial charge on any atom is 0.319 e. The van der Waals surface area contributed by atoms with Crippen molar-refractivity contribution in [3.8, 4) is 23.1 Å². The van der Waals surface area contributed by atoms with Crippen LogP contribution in [0.5, 0.6) is 5.75 Å². The fourth-order valence-corrected chi connectivity index (χ4v) is 4.35. The van der Waals surface area contributed by atoms with Gasteiger partial charge >= 0.3 is 6.03 Å². The predicted octanol–water partition coefficient (Wildman–Crippen LogP) is 2.79. The molecule has 3 aromatic rings. The number of anilines is 2. The number of carbonyl (C=O) groups excluding carboxylic acids is 1. The van der Waals surface area contributed by atoms with Crippen molar-refractivity contribution in [3.05, 3.63) is 66.4 Å². The molecule has 2 saturated heterocycles. The predicted molar refractivity (Wildman–Crippen MR) is 128 cm³/mol. The fraction of sp³-hybridized carbons (Fsp3) is 0.280. The number of carbonyl (C=O) groups is 1. The third-order valence-electron chi connectivity index (χ3n) is 5.97. The van der Waals surface area contributed by atoms with E-state index < -0.39 is 0 Å². The Balaban J connectivity index is 1.21. The smallest absolute Gasteiger partial charge is 0.319 e. The molecular weight excluding hydrogens is 448 g/mol. The van der Waals surface area contributed by atoms with Gasteiger partial charge in [-0.25, -0.2) is 14.8 Å². The van der Waals surface area contributed by atoms with Gasteiger partial charge in [0.1, 0.15) is 18.0 Å². The van der Waals surface area contributed by atoms with E-state index in [1.165, 1.54) is 0 Å². The second-order valence-electron chi connectivity index (χ2n) is 8.21. The number of ether oxygens (including phenoxy) is 3. The summed E-state index contributed by atoms with van der Waals surface area (Å²) < 4.78 is 17.4. The Labute approximate surface area is 202 Å². The van der Waals surface area contributed by atoms with Crippen molar-refractivity contribution in [1.82, 2.24) is 15.3 Å². The van der Waals surface area contributed by atoms with Crippen molar-refractivity contribution in [1.29, 1.82) is 5.26 Å². The zero-order valence-corrected chi connectivity index (χ0v) is 19.0. The van der Waals surface area contributed by atoms with Crippen LogP contribution in [0, 0.1) is 11.3 Å². The fourth-order valence-electron chi connectivity index (χ4n) is 4.35. The zero-order valence-electron chi connectivity index (χ0n) is 19.0. The SMILES string of the molecule is COc1ccccc1-c1ccnc(NC2COC3C(NC(=O)Nc4cccc(C#N)c4)COC23)n1. The third-order valence-corrected chi connectivity index (χ3v) is 5.97. The number of aromatic nitrogens is 2. The number of urea groups is 1. The van der Waals surface area contributed by atoms with E-state index in [-0.39, 0.29) is 30.3 Å². The van der Waals surface area contributed by atoms with Gasteiger partial charge < -0.3 is 30.2 Å². The van der Waals surface area contributed by atoms with Crippen molar-refractivity contribution in [3.63, 3.8) is 0 Å². The van der Waals surface area contributed by atoms with Crippen LogP contribution in [0.25, 0.3) is 11.3 Å². The summed E-state index contributed by atoms with van der Waals surface area (Å²) in [6, 6.07) is 17.4. The lowest BCUT2D eigenvalue weighted by molar-refractivity contribution is 0.0683. The molecule has 1 aromatic heterocycles. The summed E-state index contributed by atoms with van der Waals surface area (Å²) in [5.41, 5.74) is 2.61. The minimum atomic E-state index is -0.387. The lowest BCUT2D eigenvalue weighted by Crippen LogP contribution is -2.46. The Morgan fingerprint density at radius 1 is 1.09 bits per heavy atom. The van der Waals surface area contributed by atoms with Crippen LogP contribution in [0.3, 0.4) is 0 Å². The van der Waals surface area contributed by atoms with E-state index in [1.54, 1.807) is 37.6 Å². The molecule has 2 aliphatic rings. The number of fused-ring (bicyclic) bond motifs is 1. The number of para-hydroxylation sites is 1. The Bertz CT molecular complexity index is 1260. The summed E-state index contributed by atoms with van der Waals surface area (Å²) >= 11 is 0. The molecule has 0 aliphatic carbocycles. The lowest BCUT2D eigenvalue weighted by Gasteiger charge is -2.19. The maximum atomic E-state index is 12.5. The number of hydrogen-bond donors (Lipinski definition) is 3. The first-order valence-corrected chi connectivity index (χ1v) is 11.2. The van der Waals surface area contributed by atoms with Gasteiger partial charge in [0, 0.05) is 17.4 Å². The first-order valence-electron chi connectivity index (χ1n) is 11.2. The molecule has 2 amide bonds. The van der Waals surface area contributed by atoms with Crippen LogP contribution in [0.15, 0.2) is 60.8 Å². The second kappa shape index (κ2) is 9.97. The molecule has 0 saturated carbocycles. The van der Waals surface area contributed by atoms with E-state index in [4.69, 9.17) is 19.5 Å². The highest BCUT2D eigenvalue weighted by Crippen LogP contribution is 2.31. The molecule has 4 unspecified atom stereocenters. The molecule has 4 atom stereocenters. The van der Waals surface area contributed by atoms with Gasteiger partial charge in [0.05, 0.1) is 49.7 Å². The second-order valence-corrected chi connectivity index (χ2v) is 8.21. The lowest BCUT2D eigenvalue weighted by atomic mass is 10.1. The van der Waals surface area contributed by atoms with Gasteiger partial charge in [0.15, 0.2) is 0 Å². The molecule has 2 aromatic carbocycles. The maximum absolute atomic E-state index is 12.5. The summed E-state index contributed by atoms with van der Waals surface area (Å²) in [7, 11) is 1.63. The first kappa shape index (κ1) is 22.6. The number of nitrogens with zero attached hydrogens (tertiary/aromatic N) is 3. The number of hydrogen-bond acceptors (Lipinski definition) is 8. The van der Waals surface area contributed by atoms with E-state index in [0.29, 0.717) is 30.4 Å². The van der Waals surface area contributed by atoms with Crippen LogP contribution < -0.4 is 20.7 Å². The summed E-state index contributed by atoms with van der Waals surface area (Å²) in [5.74, 6) is 1.19. The van der Waals surface area contributed by atoms with Gasteiger partial charge in [-0.2, -0.15) is 5.26 Å². The summed E-state index contributed by atoms with van der Waals surface area (Å²) in [5, 5.41) is 18.0. The largest absolute Gasteiger partial charge is 0.496 e. The normalized spacial score (nSPS) is 22.6. The Kier molecular flexibility index (Phi) is 6.43. The molecule has 10 heteroatoms. The van der Waals surface area contributed by atoms with Crippen LogP contribution in [-0.4, -0.2) is 60.6 Å². The molecule has 2 aliphatic heterocycles. The van der Waals surface area contributed by atoms with E-state index in [9.17, 15) is 4.79 Å². The molecule has 3 N–H and O–H groups in total. The highest BCUT2D eigenvalue weighted by molar-refractivity contribution is 5.89. The molecule has 5 rings (SSSR count). The van der Waals surface area contributed by atoms with Crippen LogP contribution in [0.1, 0.15) is 5.56 Å². The molecule has 0 spiro atoms. The monoisotopic (exact) mass is 472 g/mol. The molecular formula is C25H24N6O4. The van der Waals surface area contributed by atoms with Crippen molar-refractivity contribution in [2.45, 2.75) is 24.3 Å². The van der Waals surface area contributed by atoms with E-state index in [2.05, 4.69) is 32.0 Å². The summed E-state index contributed by atoms with van der Waals surface area (Å²) in [6.07, 6.45) is 1.12. The van der Waals surface area contributed by atoms with Crippen LogP contribution >= 0.6 is 0 Å². The van der Waals surface area contributed by atoms with Gasteiger partial charge in [-0.3, -0.25) is 0 Å². The molecule has 3 heterocycles. The first-order chi connectivity index (χ1) is 17.1. The number of amides is 2. The molecule has 35 heavy (non-hydrogen) atoms. The van der Waals surface area contributed by atoms with E-state index in [1.807, 2.05) is 30.3 Å². The van der Waals surface area contributed by atoms with Gasteiger partial charge in [-0.05, 0) is 36.4 Å². The van der Waals surface area contributed by atoms with Crippen LogP contribution in [-0.2, 0) is 9.47 Å². The topological polar surface area (TPSA) is 130 Å². The number of nitrogens with one attached hydrogen (secondary N) is 3. The molecule has 10 nitrogen and oxygen atoms in total. The number of nitriles is 1. The molecule has 2 fully saturated rings. The number of rotatable bonds is 6.